The van der Waals surface area contributed by atoms with Gasteiger partial charge in [-0.05, 0) is 60.7 Å². The van der Waals surface area contributed by atoms with Gasteiger partial charge in [-0.15, -0.1) is 13.2 Å². The molecule has 0 radical (unpaired) electrons. The molecule has 0 bridgehead atoms. The first-order valence-corrected chi connectivity index (χ1v) is 11.6. The van der Waals surface area contributed by atoms with Gasteiger partial charge < -0.3 is 14.8 Å². The number of nitrogens with one attached hydrogen (secondary N) is 1. The van der Waals surface area contributed by atoms with E-state index in [2.05, 4.69) is 10.1 Å². The van der Waals surface area contributed by atoms with Gasteiger partial charge >= 0.3 is 6.36 Å². The highest BCUT2D eigenvalue weighted by Crippen LogP contribution is 2.37. The first kappa shape index (κ1) is 23.7. The third-order valence-corrected chi connectivity index (χ3v) is 6.83. The summed E-state index contributed by atoms with van der Waals surface area (Å²) in [5, 5.41) is 2.88. The molecule has 0 spiro atoms. The Morgan fingerprint density at radius 1 is 1.03 bits per heavy atom. The van der Waals surface area contributed by atoms with Crippen molar-refractivity contribution in [1.29, 1.82) is 0 Å². The van der Waals surface area contributed by atoms with Gasteiger partial charge in [0, 0.05) is 10.7 Å². The van der Waals surface area contributed by atoms with Crippen LogP contribution in [0.15, 0.2) is 77.7 Å². The van der Waals surface area contributed by atoms with Crippen molar-refractivity contribution < 1.29 is 35.9 Å². The molecule has 0 fully saturated rings. The molecule has 0 aliphatic carbocycles. The molecule has 0 saturated heterocycles. The van der Waals surface area contributed by atoms with E-state index in [9.17, 15) is 26.4 Å². The van der Waals surface area contributed by atoms with Crippen LogP contribution in [0.2, 0.25) is 5.02 Å². The lowest BCUT2D eigenvalue weighted by Gasteiger charge is -2.34. The number of nitrogens with zero attached hydrogens (tertiary/aromatic N) is 1. The smallest absolute Gasteiger partial charge is 0.476 e. The minimum atomic E-state index is -4.84. The Kier molecular flexibility index (Phi) is 6.32. The number of anilines is 2. The monoisotopic (exact) mass is 512 g/mol. The molecule has 0 saturated carbocycles. The largest absolute Gasteiger partial charge is 0.573 e. The maximum atomic E-state index is 13.3. The zero-order valence-electron chi connectivity index (χ0n) is 17.1. The van der Waals surface area contributed by atoms with Crippen molar-refractivity contribution in [2.24, 2.45) is 0 Å². The summed E-state index contributed by atoms with van der Waals surface area (Å²) in [7, 11) is -4.06. The van der Waals surface area contributed by atoms with Crippen LogP contribution in [0.4, 0.5) is 24.5 Å². The van der Waals surface area contributed by atoms with Crippen molar-refractivity contribution in [2.45, 2.75) is 17.4 Å². The number of para-hydroxylation sites is 2. The standard InChI is InChI=1S/C22H16ClF3N2O5S/c23-14-5-11-17(12-6-14)34(30,31)28-13-20(32-19-4-2-1-3-18(19)28)21(29)27-15-7-9-16(10-8-15)33-22(24,25)26/h1-12,20H,13H2,(H,27,29)/t20-/m0/s1. The molecule has 1 heterocycles. The summed E-state index contributed by atoms with van der Waals surface area (Å²) in [5.74, 6) is -0.954. The number of alkyl halides is 3. The maximum Gasteiger partial charge on any atom is 0.573 e. The first-order valence-electron chi connectivity index (χ1n) is 9.74. The number of carbonyl (C=O) groups excluding carboxylic acids is 1. The SMILES string of the molecule is O=C(Nc1ccc(OC(F)(F)F)cc1)[C@@H]1CN(S(=O)(=O)c2ccc(Cl)cc2)c2ccccc2O1. The molecule has 0 unspecified atom stereocenters. The van der Waals surface area contributed by atoms with E-state index in [1.165, 1.54) is 42.5 Å². The zero-order chi connectivity index (χ0) is 24.5. The number of benzene rings is 3. The van der Waals surface area contributed by atoms with Crippen molar-refractivity contribution in [3.8, 4) is 11.5 Å². The molecule has 12 heteroatoms. The number of rotatable bonds is 5. The summed E-state index contributed by atoms with van der Waals surface area (Å²) < 4.78 is 74.2. The summed E-state index contributed by atoms with van der Waals surface area (Å²) in [6, 6.07) is 16.5. The predicted octanol–water partition coefficient (Wildman–Crippen LogP) is 4.83. The lowest BCUT2D eigenvalue weighted by Crippen LogP contribution is -2.48. The fraction of sp³-hybridized carbons (Fsp3) is 0.136. The van der Waals surface area contributed by atoms with Gasteiger partial charge in [0.2, 0.25) is 0 Å². The second-order valence-corrected chi connectivity index (χ2v) is 9.42. The van der Waals surface area contributed by atoms with E-state index in [0.717, 1.165) is 16.4 Å². The van der Waals surface area contributed by atoms with Crippen LogP contribution in [-0.4, -0.2) is 33.3 Å². The van der Waals surface area contributed by atoms with Gasteiger partial charge in [-0.1, -0.05) is 23.7 Å². The lowest BCUT2D eigenvalue weighted by atomic mass is 10.2. The van der Waals surface area contributed by atoms with Crippen LogP contribution in [0.25, 0.3) is 0 Å². The summed E-state index contributed by atoms with van der Waals surface area (Å²) in [4.78, 5) is 12.8. The Balaban J connectivity index is 1.57. The van der Waals surface area contributed by atoms with Crippen LogP contribution >= 0.6 is 11.6 Å². The highest BCUT2D eigenvalue weighted by atomic mass is 35.5. The number of hydrogen-bond donors (Lipinski definition) is 1. The fourth-order valence-electron chi connectivity index (χ4n) is 3.26. The topological polar surface area (TPSA) is 84.9 Å². The molecule has 3 aromatic carbocycles. The summed E-state index contributed by atoms with van der Waals surface area (Å²) in [5.41, 5.74) is 0.434. The van der Waals surface area contributed by atoms with Crippen molar-refractivity contribution >= 4 is 38.9 Å². The van der Waals surface area contributed by atoms with Crippen molar-refractivity contribution in [3.63, 3.8) is 0 Å². The molecule has 7 nitrogen and oxygen atoms in total. The molecule has 4 rings (SSSR count). The van der Waals surface area contributed by atoms with Gasteiger partial charge in [0.15, 0.2) is 6.10 Å². The van der Waals surface area contributed by atoms with E-state index >= 15 is 0 Å². The molecule has 1 amide bonds. The quantitative estimate of drug-likeness (QED) is 0.529. The maximum absolute atomic E-state index is 13.3. The molecule has 1 aliphatic rings. The number of amides is 1. The summed E-state index contributed by atoms with van der Waals surface area (Å²) >= 11 is 5.87. The van der Waals surface area contributed by atoms with Gasteiger partial charge in [-0.3, -0.25) is 9.10 Å². The second kappa shape index (κ2) is 9.07. The minimum absolute atomic E-state index is 0.0204. The molecular formula is C22H16ClF3N2O5S. The number of ether oxygens (including phenoxy) is 2. The lowest BCUT2D eigenvalue weighted by molar-refractivity contribution is -0.274. The van der Waals surface area contributed by atoms with E-state index in [1.54, 1.807) is 18.2 Å². The molecule has 178 valence electrons. The van der Waals surface area contributed by atoms with Gasteiger partial charge in [0.1, 0.15) is 11.5 Å². The van der Waals surface area contributed by atoms with E-state index in [0.29, 0.717) is 5.02 Å². The molecule has 1 atom stereocenters. The molecule has 1 aliphatic heterocycles. The van der Waals surface area contributed by atoms with Gasteiger partial charge in [-0.25, -0.2) is 8.42 Å². The van der Waals surface area contributed by atoms with Crippen molar-refractivity contribution in [3.05, 3.63) is 77.8 Å². The Morgan fingerprint density at radius 2 is 1.68 bits per heavy atom. The van der Waals surface area contributed by atoms with Crippen LogP contribution in [0.5, 0.6) is 11.5 Å². The number of fused-ring (bicyclic) bond motifs is 1. The average molecular weight is 513 g/mol. The summed E-state index contributed by atoms with van der Waals surface area (Å²) in [6.45, 7) is -0.330. The van der Waals surface area contributed by atoms with E-state index in [4.69, 9.17) is 16.3 Å². The Bertz CT molecular complexity index is 1300. The van der Waals surface area contributed by atoms with Crippen LogP contribution in [0, 0.1) is 0 Å². The first-order chi connectivity index (χ1) is 16.0. The molecule has 0 aromatic heterocycles. The zero-order valence-corrected chi connectivity index (χ0v) is 18.7. The van der Waals surface area contributed by atoms with Crippen LogP contribution in [-0.2, 0) is 14.8 Å². The van der Waals surface area contributed by atoms with E-state index in [-0.39, 0.29) is 28.6 Å². The normalized spacial score (nSPS) is 15.8. The highest BCUT2D eigenvalue weighted by molar-refractivity contribution is 7.92. The predicted molar refractivity (Wildman–Crippen MR) is 119 cm³/mol. The molecular weight excluding hydrogens is 497 g/mol. The highest BCUT2D eigenvalue weighted by Gasteiger charge is 2.37. The van der Waals surface area contributed by atoms with E-state index < -0.39 is 34.1 Å². The van der Waals surface area contributed by atoms with E-state index in [1.807, 2.05) is 0 Å². The Morgan fingerprint density at radius 3 is 2.32 bits per heavy atom. The second-order valence-electron chi connectivity index (χ2n) is 7.13. The minimum Gasteiger partial charge on any atom is -0.476 e. The molecule has 1 N–H and O–H groups in total. The number of hydrogen-bond acceptors (Lipinski definition) is 5. The number of carbonyl (C=O) groups is 1. The van der Waals surface area contributed by atoms with Crippen LogP contribution < -0.4 is 19.1 Å². The summed E-state index contributed by atoms with van der Waals surface area (Å²) in [6.07, 6.45) is -6.07. The number of halogens is 4. The van der Waals surface area contributed by atoms with Crippen molar-refractivity contribution in [1.82, 2.24) is 0 Å². The van der Waals surface area contributed by atoms with Gasteiger partial charge in [0.25, 0.3) is 15.9 Å². The van der Waals surface area contributed by atoms with Crippen molar-refractivity contribution in [2.75, 3.05) is 16.2 Å². The Labute approximate surface area is 197 Å². The number of sulfonamides is 1. The average Bonchev–Trinajstić information content (AvgIpc) is 2.79. The molecule has 3 aromatic rings. The molecule has 34 heavy (non-hydrogen) atoms. The Hall–Kier alpha value is -3.44. The van der Waals surface area contributed by atoms with Gasteiger partial charge in [-0.2, -0.15) is 0 Å². The third kappa shape index (κ3) is 5.20. The third-order valence-electron chi connectivity index (χ3n) is 4.78. The van der Waals surface area contributed by atoms with Crippen LogP contribution in [0.3, 0.4) is 0 Å². The van der Waals surface area contributed by atoms with Gasteiger partial charge in [0.05, 0.1) is 17.1 Å². The van der Waals surface area contributed by atoms with Crippen LogP contribution in [0.1, 0.15) is 0 Å². The fourth-order valence-corrected chi connectivity index (χ4v) is 4.86.